The van der Waals surface area contributed by atoms with Crippen LogP contribution in [0.2, 0.25) is 0 Å². The summed E-state index contributed by atoms with van der Waals surface area (Å²) in [6.45, 7) is 1.98. The van der Waals surface area contributed by atoms with E-state index >= 15 is 0 Å². The molecule has 1 fully saturated rings. The van der Waals surface area contributed by atoms with E-state index < -0.39 is 10.1 Å². The van der Waals surface area contributed by atoms with Crippen molar-refractivity contribution in [2.24, 2.45) is 0 Å². The van der Waals surface area contributed by atoms with Crippen LogP contribution in [0.25, 0.3) is 10.8 Å². The van der Waals surface area contributed by atoms with Crippen molar-refractivity contribution >= 4 is 26.8 Å². The first-order valence-corrected chi connectivity index (χ1v) is 13.3. The molecule has 0 aromatic heterocycles. The highest BCUT2D eigenvalue weighted by Gasteiger charge is 2.35. The Morgan fingerprint density at radius 2 is 1.71 bits per heavy atom. The van der Waals surface area contributed by atoms with Gasteiger partial charge in [-0.3, -0.25) is 9.35 Å². The molecule has 38 heavy (non-hydrogen) atoms. The Kier molecular flexibility index (Phi) is 8.38. The number of fused-ring (bicyclic) bond motifs is 1. The second kappa shape index (κ2) is 11.9. The number of carbonyl (C=O) groups excluding carboxylic acids is 1. The van der Waals surface area contributed by atoms with Crippen LogP contribution < -0.4 is 10.1 Å². The molecule has 1 aliphatic rings. The van der Waals surface area contributed by atoms with Crippen LogP contribution in [0.4, 0.5) is 0 Å². The summed E-state index contributed by atoms with van der Waals surface area (Å²) < 4.78 is 35.9. The van der Waals surface area contributed by atoms with Crippen LogP contribution in [0, 0.1) is 11.3 Å². The van der Waals surface area contributed by atoms with E-state index in [9.17, 15) is 13.2 Å². The van der Waals surface area contributed by atoms with E-state index in [0.717, 1.165) is 10.9 Å². The fraction of sp³-hybridized carbons (Fsp3) is 0.172. The number of nitrogens with one attached hydrogen (secondary N) is 1. The van der Waals surface area contributed by atoms with Crippen LogP contribution in [-0.2, 0) is 28.0 Å². The molecule has 4 aromatic carbocycles. The van der Waals surface area contributed by atoms with Crippen molar-refractivity contribution in [1.29, 1.82) is 5.26 Å². The van der Waals surface area contributed by atoms with Gasteiger partial charge in [-0.25, -0.2) is 0 Å². The quantitative estimate of drug-likeness (QED) is 0.273. The fourth-order valence-corrected chi connectivity index (χ4v) is 4.59. The average Bonchev–Trinajstić information content (AvgIpc) is 2.94. The van der Waals surface area contributed by atoms with E-state index in [1.807, 2.05) is 54.6 Å². The smallest absolute Gasteiger partial charge is 0.294 e. The largest absolute Gasteiger partial charge is 0.497 e. The van der Waals surface area contributed by atoms with Gasteiger partial charge in [-0.15, -0.1) is 0 Å². The zero-order valence-electron chi connectivity index (χ0n) is 20.7. The fourth-order valence-electron chi connectivity index (χ4n) is 4.08. The number of likely N-dealkylation sites (tertiary alicyclic amines) is 1. The molecule has 1 saturated heterocycles. The third kappa shape index (κ3) is 6.75. The Morgan fingerprint density at radius 1 is 0.974 bits per heavy atom. The number of nitrogens with zero attached hydrogens (tertiary/aromatic N) is 2. The standard InChI is InChI=1S/C18H17N3O.C11H10O4S/c19-10-15-7-4-8-16(9-15)12-21-13-17(18(21)22)20-11-14-5-2-1-3-6-14;1-15-10-4-2-8-3-5-11(16(12,13)14)7-9(8)6-10/h1-9,17,20H,11-13H2;2-7H,1H3,(H,12,13,14)/t17-;/m0./s1. The molecule has 0 saturated carbocycles. The minimum atomic E-state index is -4.15. The zero-order valence-corrected chi connectivity index (χ0v) is 21.6. The molecule has 1 amide bonds. The molecular formula is C29H27N3O5S. The van der Waals surface area contributed by atoms with Gasteiger partial charge in [-0.1, -0.05) is 54.6 Å². The molecule has 0 spiro atoms. The van der Waals surface area contributed by atoms with E-state index in [1.54, 1.807) is 29.2 Å². The summed E-state index contributed by atoms with van der Waals surface area (Å²) in [5.41, 5.74) is 2.80. The van der Waals surface area contributed by atoms with Gasteiger partial charge in [0.1, 0.15) is 11.8 Å². The van der Waals surface area contributed by atoms with E-state index in [-0.39, 0.29) is 16.8 Å². The number of amides is 1. The van der Waals surface area contributed by atoms with Crippen LogP contribution in [-0.4, -0.2) is 43.5 Å². The maximum Gasteiger partial charge on any atom is 0.294 e. The third-order valence-corrected chi connectivity index (χ3v) is 7.00. The van der Waals surface area contributed by atoms with Crippen LogP contribution in [0.3, 0.4) is 0 Å². The molecule has 8 nitrogen and oxygen atoms in total. The lowest BCUT2D eigenvalue weighted by atomic mass is 10.0. The first-order chi connectivity index (χ1) is 18.3. The van der Waals surface area contributed by atoms with Crippen molar-refractivity contribution < 1.29 is 22.5 Å². The van der Waals surface area contributed by atoms with Crippen molar-refractivity contribution in [2.45, 2.75) is 24.0 Å². The van der Waals surface area contributed by atoms with Gasteiger partial charge in [0.2, 0.25) is 5.91 Å². The SMILES string of the molecule is COc1ccc2ccc(S(=O)(=O)O)cc2c1.N#Cc1cccc(CN2C[C@H](NCc3ccccc3)C2=O)c1. The monoisotopic (exact) mass is 529 g/mol. The number of hydrogen-bond donors (Lipinski definition) is 2. The highest BCUT2D eigenvalue weighted by Crippen LogP contribution is 2.23. The molecule has 2 N–H and O–H groups in total. The lowest BCUT2D eigenvalue weighted by Crippen LogP contribution is -2.61. The van der Waals surface area contributed by atoms with Crippen molar-refractivity contribution in [1.82, 2.24) is 10.2 Å². The highest BCUT2D eigenvalue weighted by atomic mass is 32.2. The van der Waals surface area contributed by atoms with Crippen molar-refractivity contribution in [3.8, 4) is 11.8 Å². The highest BCUT2D eigenvalue weighted by molar-refractivity contribution is 7.85. The van der Waals surface area contributed by atoms with E-state index in [4.69, 9.17) is 14.6 Å². The minimum absolute atomic E-state index is 0.0978. The lowest BCUT2D eigenvalue weighted by molar-refractivity contribution is -0.144. The van der Waals surface area contributed by atoms with Crippen LogP contribution in [0.15, 0.2) is 95.9 Å². The summed E-state index contributed by atoms with van der Waals surface area (Å²) in [7, 11) is -2.62. The van der Waals surface area contributed by atoms with E-state index in [2.05, 4.69) is 11.4 Å². The van der Waals surface area contributed by atoms with Crippen LogP contribution >= 0.6 is 0 Å². The molecule has 5 rings (SSSR count). The van der Waals surface area contributed by atoms with Gasteiger partial charge < -0.3 is 15.0 Å². The summed E-state index contributed by atoms with van der Waals surface area (Å²) >= 11 is 0. The Labute approximate surface area is 221 Å². The zero-order chi connectivity index (χ0) is 27.1. The van der Waals surface area contributed by atoms with Crippen LogP contribution in [0.5, 0.6) is 5.75 Å². The van der Waals surface area contributed by atoms with E-state index in [0.29, 0.717) is 36.3 Å². The molecule has 1 aliphatic heterocycles. The molecule has 194 valence electrons. The molecule has 4 aromatic rings. The summed E-state index contributed by atoms with van der Waals surface area (Å²) in [4.78, 5) is 13.8. The maximum atomic E-state index is 12.1. The summed E-state index contributed by atoms with van der Waals surface area (Å²) in [6.07, 6.45) is 0. The summed E-state index contributed by atoms with van der Waals surface area (Å²) in [6, 6.07) is 29.2. The van der Waals surface area contributed by atoms with E-state index in [1.165, 1.54) is 24.8 Å². The van der Waals surface area contributed by atoms with Gasteiger partial charge in [0.05, 0.1) is 23.6 Å². The number of ether oxygens (including phenoxy) is 1. The Balaban J connectivity index is 0.000000186. The average molecular weight is 530 g/mol. The predicted octanol–water partition coefficient (Wildman–Crippen LogP) is 4.15. The molecule has 0 unspecified atom stereocenters. The predicted molar refractivity (Wildman–Crippen MR) is 144 cm³/mol. The summed E-state index contributed by atoms with van der Waals surface area (Å²) in [5, 5.41) is 13.8. The van der Waals surface area contributed by atoms with Crippen molar-refractivity contribution in [2.75, 3.05) is 13.7 Å². The van der Waals surface area contributed by atoms with Gasteiger partial charge in [-0.2, -0.15) is 13.7 Å². The molecule has 0 aliphatic carbocycles. The number of rotatable bonds is 7. The Morgan fingerprint density at radius 3 is 2.39 bits per heavy atom. The van der Waals surface area contributed by atoms with Gasteiger partial charge >= 0.3 is 0 Å². The molecule has 1 heterocycles. The second-order valence-corrected chi connectivity index (χ2v) is 10.2. The van der Waals surface area contributed by atoms with Crippen molar-refractivity contribution in [3.05, 3.63) is 108 Å². The Bertz CT molecular complexity index is 1580. The molecule has 1 atom stereocenters. The van der Waals surface area contributed by atoms with Gasteiger partial charge in [0, 0.05) is 19.6 Å². The van der Waals surface area contributed by atoms with Crippen molar-refractivity contribution in [3.63, 3.8) is 0 Å². The number of methoxy groups -OCH3 is 1. The topological polar surface area (TPSA) is 120 Å². The minimum Gasteiger partial charge on any atom is -0.497 e. The number of benzene rings is 4. The number of hydrogen-bond acceptors (Lipinski definition) is 6. The number of carbonyl (C=O) groups is 1. The molecule has 0 bridgehead atoms. The van der Waals surface area contributed by atoms with Gasteiger partial charge in [-0.05, 0) is 58.3 Å². The number of nitriles is 1. The normalized spacial score (nSPS) is 14.7. The first kappa shape index (κ1) is 26.8. The van der Waals surface area contributed by atoms with Gasteiger partial charge in [0.15, 0.2) is 0 Å². The maximum absolute atomic E-state index is 12.1. The van der Waals surface area contributed by atoms with Crippen LogP contribution in [0.1, 0.15) is 16.7 Å². The molecule has 0 radical (unpaired) electrons. The Hall–Kier alpha value is -4.23. The summed E-state index contributed by atoms with van der Waals surface area (Å²) in [5.74, 6) is 0.762. The lowest BCUT2D eigenvalue weighted by Gasteiger charge is -2.39. The molecule has 9 heteroatoms. The number of β-lactam (4-membered cyclic amide) rings is 1. The molecular weight excluding hydrogens is 502 g/mol. The van der Waals surface area contributed by atoms with Gasteiger partial charge in [0.25, 0.3) is 10.1 Å². The third-order valence-electron chi connectivity index (χ3n) is 6.15. The second-order valence-electron chi connectivity index (χ2n) is 8.80. The first-order valence-electron chi connectivity index (χ1n) is 11.9.